The van der Waals surface area contributed by atoms with E-state index < -0.39 is 10.0 Å². The first-order valence-corrected chi connectivity index (χ1v) is 9.94. The van der Waals surface area contributed by atoms with Crippen LogP contribution in [0.3, 0.4) is 0 Å². The van der Waals surface area contributed by atoms with Crippen LogP contribution in [0.25, 0.3) is 10.9 Å². The Morgan fingerprint density at radius 2 is 1.88 bits per heavy atom. The Bertz CT molecular complexity index is 1120. The van der Waals surface area contributed by atoms with Crippen LogP contribution in [0.15, 0.2) is 63.1 Å². The fourth-order valence-electron chi connectivity index (χ4n) is 2.60. The number of amides is 1. The van der Waals surface area contributed by atoms with Crippen LogP contribution >= 0.6 is 15.9 Å². The van der Waals surface area contributed by atoms with Crippen LogP contribution in [-0.4, -0.2) is 24.5 Å². The van der Waals surface area contributed by atoms with E-state index in [1.807, 2.05) is 13.0 Å². The van der Waals surface area contributed by atoms with Crippen molar-refractivity contribution in [2.45, 2.75) is 18.7 Å². The minimum atomic E-state index is -3.71. The van der Waals surface area contributed by atoms with Gasteiger partial charge in [0.2, 0.25) is 6.41 Å². The van der Waals surface area contributed by atoms with Gasteiger partial charge in [-0.1, -0.05) is 23.8 Å². The SMILES string of the molecule is C/C(=N\NC=O)c1ccc2c(c1)c(Br)cn2S(=O)(=O)c1ccc(C)cc1. The fourth-order valence-corrected chi connectivity index (χ4v) is 4.62. The molecule has 3 aromatic rings. The van der Waals surface area contributed by atoms with E-state index in [4.69, 9.17) is 0 Å². The third-order valence-corrected chi connectivity index (χ3v) is 6.32. The second kappa shape index (κ2) is 7.05. The van der Waals surface area contributed by atoms with Crippen molar-refractivity contribution in [1.82, 2.24) is 9.40 Å². The molecule has 0 aliphatic heterocycles. The maximum absolute atomic E-state index is 13.0. The van der Waals surface area contributed by atoms with E-state index in [1.165, 1.54) is 3.97 Å². The van der Waals surface area contributed by atoms with E-state index >= 15 is 0 Å². The molecule has 0 saturated heterocycles. The highest BCUT2D eigenvalue weighted by Gasteiger charge is 2.21. The number of carbonyl (C=O) groups is 1. The summed E-state index contributed by atoms with van der Waals surface area (Å²) in [4.78, 5) is 10.6. The van der Waals surface area contributed by atoms with Crippen LogP contribution in [0.5, 0.6) is 0 Å². The van der Waals surface area contributed by atoms with Crippen molar-refractivity contribution in [2.24, 2.45) is 5.10 Å². The summed E-state index contributed by atoms with van der Waals surface area (Å²) in [5.74, 6) is 0. The molecule has 6 nitrogen and oxygen atoms in total. The van der Waals surface area contributed by atoms with Gasteiger partial charge in [-0.2, -0.15) is 5.10 Å². The molecule has 0 fully saturated rings. The molecule has 134 valence electrons. The minimum absolute atomic E-state index is 0.226. The molecular weight excluding hydrogens is 418 g/mol. The fraction of sp³-hybridized carbons (Fsp3) is 0.111. The smallest absolute Gasteiger partial charge is 0.268 e. The summed E-state index contributed by atoms with van der Waals surface area (Å²) in [7, 11) is -3.71. The highest BCUT2D eigenvalue weighted by Crippen LogP contribution is 2.30. The van der Waals surface area contributed by atoms with Gasteiger partial charge >= 0.3 is 0 Å². The molecule has 0 bridgehead atoms. The van der Waals surface area contributed by atoms with E-state index in [2.05, 4.69) is 26.5 Å². The first-order chi connectivity index (χ1) is 12.3. The van der Waals surface area contributed by atoms with Gasteiger partial charge in [0.25, 0.3) is 10.0 Å². The second-order valence-corrected chi connectivity index (χ2v) is 8.44. The third kappa shape index (κ3) is 3.30. The molecule has 1 heterocycles. The number of aryl methyl sites for hydroxylation is 1. The summed E-state index contributed by atoms with van der Waals surface area (Å²) in [5.41, 5.74) is 5.19. The monoisotopic (exact) mass is 433 g/mol. The molecule has 8 heteroatoms. The van der Waals surface area contributed by atoms with Gasteiger partial charge in [0.05, 0.1) is 16.1 Å². The van der Waals surface area contributed by atoms with E-state index in [0.717, 1.165) is 16.5 Å². The average molecular weight is 434 g/mol. The first-order valence-electron chi connectivity index (χ1n) is 7.71. The number of aromatic nitrogens is 1. The molecule has 1 N–H and O–H groups in total. The Balaban J connectivity index is 2.14. The predicted octanol–water partition coefficient (Wildman–Crippen LogP) is 3.42. The van der Waals surface area contributed by atoms with Crippen molar-refractivity contribution in [3.8, 4) is 0 Å². The molecular formula is C18H16BrN3O3S. The van der Waals surface area contributed by atoms with Gasteiger partial charge in [-0.15, -0.1) is 0 Å². The van der Waals surface area contributed by atoms with E-state index in [1.54, 1.807) is 49.5 Å². The van der Waals surface area contributed by atoms with Crippen molar-refractivity contribution in [3.05, 3.63) is 64.3 Å². The predicted molar refractivity (Wildman–Crippen MR) is 105 cm³/mol. The number of nitrogens with one attached hydrogen (secondary N) is 1. The summed E-state index contributed by atoms with van der Waals surface area (Å²) in [6.07, 6.45) is 2.03. The minimum Gasteiger partial charge on any atom is -0.277 e. The van der Waals surface area contributed by atoms with Crippen LogP contribution < -0.4 is 5.43 Å². The van der Waals surface area contributed by atoms with Crippen LogP contribution in [0.1, 0.15) is 18.1 Å². The van der Waals surface area contributed by atoms with Crippen molar-refractivity contribution < 1.29 is 13.2 Å². The molecule has 0 unspecified atom stereocenters. The van der Waals surface area contributed by atoms with Crippen molar-refractivity contribution in [2.75, 3.05) is 0 Å². The number of hydrogen-bond donors (Lipinski definition) is 1. The summed E-state index contributed by atoms with van der Waals surface area (Å²) in [5, 5.41) is 4.65. The summed E-state index contributed by atoms with van der Waals surface area (Å²) in [6.45, 7) is 3.66. The number of hydrogen-bond acceptors (Lipinski definition) is 4. The lowest BCUT2D eigenvalue weighted by molar-refractivity contribution is -0.109. The topological polar surface area (TPSA) is 80.5 Å². The summed E-state index contributed by atoms with van der Waals surface area (Å²) >= 11 is 3.43. The van der Waals surface area contributed by atoms with E-state index in [0.29, 0.717) is 22.1 Å². The Morgan fingerprint density at radius 3 is 2.54 bits per heavy atom. The quantitative estimate of drug-likeness (QED) is 0.380. The first kappa shape index (κ1) is 18.3. The molecule has 0 aliphatic rings. The molecule has 0 radical (unpaired) electrons. The maximum Gasteiger partial charge on any atom is 0.268 e. The summed E-state index contributed by atoms with van der Waals surface area (Å²) in [6, 6.07) is 12.0. The number of benzene rings is 2. The number of carbonyl (C=O) groups excluding carboxylic acids is 1. The van der Waals surface area contributed by atoms with Gasteiger partial charge in [0, 0.05) is 16.1 Å². The molecule has 2 aromatic carbocycles. The van der Waals surface area contributed by atoms with Crippen LogP contribution in [-0.2, 0) is 14.8 Å². The number of hydrazone groups is 1. The number of halogens is 1. The molecule has 26 heavy (non-hydrogen) atoms. The largest absolute Gasteiger partial charge is 0.277 e. The average Bonchev–Trinajstić information content (AvgIpc) is 2.97. The number of fused-ring (bicyclic) bond motifs is 1. The van der Waals surface area contributed by atoms with Gasteiger partial charge < -0.3 is 0 Å². The molecule has 0 spiro atoms. The normalized spacial score (nSPS) is 12.3. The van der Waals surface area contributed by atoms with E-state index in [-0.39, 0.29) is 4.90 Å². The zero-order chi connectivity index (χ0) is 18.9. The molecule has 0 aliphatic carbocycles. The molecule has 1 amide bonds. The number of nitrogens with zero attached hydrogens (tertiary/aromatic N) is 2. The Labute approximate surface area is 159 Å². The van der Waals surface area contributed by atoms with Gasteiger partial charge in [-0.25, -0.2) is 17.8 Å². The van der Waals surface area contributed by atoms with Crippen LogP contribution in [0.2, 0.25) is 0 Å². The molecule has 0 atom stereocenters. The zero-order valence-electron chi connectivity index (χ0n) is 14.1. The summed E-state index contributed by atoms with van der Waals surface area (Å²) < 4.78 is 27.9. The third-order valence-electron chi connectivity index (χ3n) is 4.00. The molecule has 0 saturated carbocycles. The highest BCUT2D eigenvalue weighted by atomic mass is 79.9. The van der Waals surface area contributed by atoms with Crippen LogP contribution in [0.4, 0.5) is 0 Å². The van der Waals surface area contributed by atoms with Crippen molar-refractivity contribution in [1.29, 1.82) is 0 Å². The second-order valence-electron chi connectivity index (χ2n) is 5.77. The van der Waals surface area contributed by atoms with Gasteiger partial charge in [0.15, 0.2) is 0 Å². The van der Waals surface area contributed by atoms with Crippen molar-refractivity contribution >= 4 is 49.0 Å². The number of rotatable bonds is 5. The lowest BCUT2D eigenvalue weighted by Crippen LogP contribution is -2.12. The van der Waals surface area contributed by atoms with E-state index in [9.17, 15) is 13.2 Å². The lowest BCUT2D eigenvalue weighted by atomic mass is 10.1. The molecule has 1 aromatic heterocycles. The van der Waals surface area contributed by atoms with Crippen LogP contribution in [0, 0.1) is 6.92 Å². The zero-order valence-corrected chi connectivity index (χ0v) is 16.5. The molecule has 3 rings (SSSR count). The van der Waals surface area contributed by atoms with Gasteiger partial charge in [0.1, 0.15) is 0 Å². The lowest BCUT2D eigenvalue weighted by Gasteiger charge is -2.08. The standard InChI is InChI=1S/C18H16BrN3O3S/c1-12-3-6-15(7-4-12)26(24,25)22-10-17(19)16-9-14(5-8-18(16)22)13(2)21-20-11-23/h3-11H,1-2H3,(H,20,23)/b21-13+. The van der Waals surface area contributed by atoms with Gasteiger partial charge in [-0.05, 0) is 59.6 Å². The highest BCUT2D eigenvalue weighted by molar-refractivity contribution is 9.10. The maximum atomic E-state index is 13.0. The van der Waals surface area contributed by atoms with Gasteiger partial charge in [-0.3, -0.25) is 4.79 Å². The Morgan fingerprint density at radius 1 is 1.19 bits per heavy atom. The Hall–Kier alpha value is -2.45. The Kier molecular flexibility index (Phi) is 4.97. The van der Waals surface area contributed by atoms with Crippen molar-refractivity contribution in [3.63, 3.8) is 0 Å².